The Labute approximate surface area is 160 Å². The third kappa shape index (κ3) is 7.83. The van der Waals surface area contributed by atoms with Crippen molar-refractivity contribution in [1.82, 2.24) is 5.32 Å². The SMILES string of the molecule is CC(C)(C)OC(=O)NCCNc1ccc(C(F)(F)F)cc1NN=C(C#N)C#N. The molecule has 11 heteroatoms. The molecule has 1 amide bonds. The second-order valence-electron chi connectivity index (χ2n) is 6.41. The van der Waals surface area contributed by atoms with Gasteiger partial charge in [0.2, 0.25) is 5.71 Å². The molecular weight excluding hydrogens is 377 g/mol. The zero-order valence-electron chi connectivity index (χ0n) is 15.4. The first kappa shape index (κ1) is 22.6. The second-order valence-corrected chi connectivity index (χ2v) is 6.41. The summed E-state index contributed by atoms with van der Waals surface area (Å²) in [5, 5.41) is 26.1. The zero-order valence-corrected chi connectivity index (χ0v) is 15.4. The number of nitriles is 2. The number of hydrogen-bond acceptors (Lipinski definition) is 7. The maximum absolute atomic E-state index is 12.9. The Hall–Kier alpha value is -3.47. The number of alkyl halides is 3. The largest absolute Gasteiger partial charge is 0.444 e. The van der Waals surface area contributed by atoms with E-state index in [-0.39, 0.29) is 24.5 Å². The van der Waals surface area contributed by atoms with Gasteiger partial charge in [-0.05, 0) is 39.0 Å². The lowest BCUT2D eigenvalue weighted by Crippen LogP contribution is -2.35. The number of carbonyl (C=O) groups excluding carboxylic acids is 1. The van der Waals surface area contributed by atoms with Crippen molar-refractivity contribution in [3.05, 3.63) is 23.8 Å². The highest BCUT2D eigenvalue weighted by Crippen LogP contribution is 2.34. The van der Waals surface area contributed by atoms with Gasteiger partial charge >= 0.3 is 12.3 Å². The van der Waals surface area contributed by atoms with Crippen LogP contribution >= 0.6 is 0 Å². The monoisotopic (exact) mass is 396 g/mol. The molecule has 0 bridgehead atoms. The van der Waals surface area contributed by atoms with Gasteiger partial charge < -0.3 is 15.4 Å². The molecule has 1 aromatic carbocycles. The van der Waals surface area contributed by atoms with Crippen LogP contribution in [-0.4, -0.2) is 30.5 Å². The summed E-state index contributed by atoms with van der Waals surface area (Å²) in [5.41, 5.74) is 0.291. The van der Waals surface area contributed by atoms with Crippen LogP contribution in [0.3, 0.4) is 0 Å². The van der Waals surface area contributed by atoms with Gasteiger partial charge in [-0.2, -0.15) is 28.8 Å². The van der Waals surface area contributed by atoms with Gasteiger partial charge in [0.1, 0.15) is 17.7 Å². The summed E-state index contributed by atoms with van der Waals surface area (Å²) in [6.07, 6.45) is -5.21. The van der Waals surface area contributed by atoms with Crippen LogP contribution in [-0.2, 0) is 10.9 Å². The number of halogens is 3. The number of nitrogens with zero attached hydrogens (tertiary/aromatic N) is 3. The molecule has 0 aliphatic carbocycles. The van der Waals surface area contributed by atoms with E-state index in [9.17, 15) is 18.0 Å². The fraction of sp³-hybridized carbons (Fsp3) is 0.412. The predicted octanol–water partition coefficient (Wildman–Crippen LogP) is 3.46. The molecule has 150 valence electrons. The van der Waals surface area contributed by atoms with Crippen LogP contribution in [0.4, 0.5) is 29.3 Å². The number of amides is 1. The molecule has 0 spiro atoms. The maximum atomic E-state index is 12.9. The molecule has 8 nitrogen and oxygen atoms in total. The van der Waals surface area contributed by atoms with Crippen molar-refractivity contribution in [2.24, 2.45) is 5.10 Å². The minimum Gasteiger partial charge on any atom is -0.444 e. The molecule has 0 fully saturated rings. The van der Waals surface area contributed by atoms with E-state index in [1.807, 2.05) is 0 Å². The highest BCUT2D eigenvalue weighted by Gasteiger charge is 2.31. The summed E-state index contributed by atoms with van der Waals surface area (Å²) in [4.78, 5) is 11.6. The maximum Gasteiger partial charge on any atom is 0.416 e. The molecule has 1 aromatic rings. The van der Waals surface area contributed by atoms with Gasteiger partial charge in [0.05, 0.1) is 16.9 Å². The number of ether oxygens (including phenoxy) is 1. The number of carbonyl (C=O) groups is 1. The molecule has 0 heterocycles. The van der Waals surface area contributed by atoms with Crippen LogP contribution in [0, 0.1) is 22.7 Å². The molecular formula is C17H19F3N6O2. The van der Waals surface area contributed by atoms with E-state index >= 15 is 0 Å². The first-order valence-electron chi connectivity index (χ1n) is 8.02. The van der Waals surface area contributed by atoms with E-state index < -0.39 is 29.1 Å². The topological polar surface area (TPSA) is 122 Å². The molecule has 0 unspecified atom stereocenters. The average Bonchev–Trinajstić information content (AvgIpc) is 2.57. The molecule has 0 radical (unpaired) electrons. The summed E-state index contributed by atoms with van der Waals surface area (Å²) < 4.78 is 43.8. The Bertz CT molecular complexity index is 800. The van der Waals surface area contributed by atoms with E-state index in [0.717, 1.165) is 12.1 Å². The lowest BCUT2D eigenvalue weighted by Gasteiger charge is -2.20. The van der Waals surface area contributed by atoms with E-state index in [1.165, 1.54) is 18.2 Å². The highest BCUT2D eigenvalue weighted by molar-refractivity contribution is 6.10. The fourth-order valence-corrected chi connectivity index (χ4v) is 1.83. The molecule has 0 aliphatic heterocycles. The van der Waals surface area contributed by atoms with Gasteiger partial charge in [0, 0.05) is 13.1 Å². The molecule has 0 aliphatic rings. The zero-order chi connectivity index (χ0) is 21.4. The summed E-state index contributed by atoms with van der Waals surface area (Å²) >= 11 is 0. The molecule has 28 heavy (non-hydrogen) atoms. The number of hydrogen-bond donors (Lipinski definition) is 3. The number of benzene rings is 1. The Balaban J connectivity index is 2.84. The summed E-state index contributed by atoms with van der Waals surface area (Å²) in [5.74, 6) is 0. The third-order valence-electron chi connectivity index (χ3n) is 2.96. The van der Waals surface area contributed by atoms with Crippen LogP contribution in [0.15, 0.2) is 23.3 Å². The molecule has 1 rings (SSSR count). The van der Waals surface area contributed by atoms with E-state index in [0.29, 0.717) is 0 Å². The van der Waals surface area contributed by atoms with Crippen molar-refractivity contribution in [2.45, 2.75) is 32.5 Å². The van der Waals surface area contributed by atoms with Crippen LogP contribution < -0.4 is 16.1 Å². The summed E-state index contributed by atoms with van der Waals surface area (Å²) in [6.45, 7) is 5.44. The van der Waals surface area contributed by atoms with E-state index in [1.54, 1.807) is 20.8 Å². The van der Waals surface area contributed by atoms with Gasteiger partial charge in [0.15, 0.2) is 0 Å². The molecule has 3 N–H and O–H groups in total. The van der Waals surface area contributed by atoms with E-state index in [2.05, 4.69) is 21.2 Å². The molecule has 0 aromatic heterocycles. The lowest BCUT2D eigenvalue weighted by atomic mass is 10.1. The molecule has 0 saturated heterocycles. The van der Waals surface area contributed by atoms with Crippen LogP contribution in [0.25, 0.3) is 0 Å². The molecule has 0 atom stereocenters. The minimum absolute atomic E-state index is 0.0879. The van der Waals surface area contributed by atoms with Gasteiger partial charge in [-0.1, -0.05) is 0 Å². The van der Waals surface area contributed by atoms with Crippen LogP contribution in [0.1, 0.15) is 26.3 Å². The Morgan fingerprint density at radius 1 is 1.14 bits per heavy atom. The van der Waals surface area contributed by atoms with Gasteiger partial charge in [-0.15, -0.1) is 0 Å². The van der Waals surface area contributed by atoms with Crippen LogP contribution in [0.5, 0.6) is 0 Å². The number of hydrazone groups is 1. The Kier molecular flexibility index (Phi) is 7.63. The minimum atomic E-state index is -4.58. The smallest absolute Gasteiger partial charge is 0.416 e. The fourth-order valence-electron chi connectivity index (χ4n) is 1.83. The number of rotatable bonds is 6. The highest BCUT2D eigenvalue weighted by atomic mass is 19.4. The number of alkyl carbamates (subject to hydrolysis) is 1. The van der Waals surface area contributed by atoms with Crippen molar-refractivity contribution < 1.29 is 22.7 Å². The van der Waals surface area contributed by atoms with Crippen molar-refractivity contribution in [3.63, 3.8) is 0 Å². The second kappa shape index (κ2) is 9.46. The Morgan fingerprint density at radius 3 is 2.32 bits per heavy atom. The predicted molar refractivity (Wildman–Crippen MR) is 96.5 cm³/mol. The van der Waals surface area contributed by atoms with Gasteiger partial charge in [-0.3, -0.25) is 5.43 Å². The van der Waals surface area contributed by atoms with Crippen molar-refractivity contribution >= 4 is 23.2 Å². The first-order valence-corrected chi connectivity index (χ1v) is 8.02. The first-order chi connectivity index (χ1) is 13.0. The van der Waals surface area contributed by atoms with Crippen molar-refractivity contribution in [2.75, 3.05) is 23.8 Å². The number of nitrogens with one attached hydrogen (secondary N) is 3. The average molecular weight is 396 g/mol. The van der Waals surface area contributed by atoms with Crippen molar-refractivity contribution in [3.8, 4) is 12.1 Å². The van der Waals surface area contributed by atoms with Gasteiger partial charge in [-0.25, -0.2) is 4.79 Å². The van der Waals surface area contributed by atoms with Gasteiger partial charge in [0.25, 0.3) is 0 Å². The summed E-state index contributed by atoms with van der Waals surface area (Å²) in [6, 6.07) is 5.82. The standard InChI is InChI=1S/C17H19F3N6O2/c1-16(2,3)28-15(27)24-7-6-23-13-5-4-11(17(18,19)20)8-14(13)26-25-12(9-21)10-22/h4-5,8,23,26H,6-7H2,1-3H3,(H,24,27). The van der Waals surface area contributed by atoms with Crippen LogP contribution in [0.2, 0.25) is 0 Å². The summed E-state index contributed by atoms with van der Waals surface area (Å²) in [7, 11) is 0. The normalized spacial score (nSPS) is 10.9. The molecule has 0 saturated carbocycles. The third-order valence-corrected chi connectivity index (χ3v) is 2.96. The van der Waals surface area contributed by atoms with Crippen molar-refractivity contribution in [1.29, 1.82) is 10.5 Å². The van der Waals surface area contributed by atoms with E-state index in [4.69, 9.17) is 15.3 Å². The quantitative estimate of drug-likeness (QED) is 0.385. The Morgan fingerprint density at radius 2 is 1.79 bits per heavy atom. The number of anilines is 2. The lowest BCUT2D eigenvalue weighted by molar-refractivity contribution is -0.137.